The van der Waals surface area contributed by atoms with Crippen LogP contribution < -0.4 is 16.4 Å². The average molecular weight is 258 g/mol. The van der Waals surface area contributed by atoms with E-state index < -0.39 is 30.8 Å². The van der Waals surface area contributed by atoms with Crippen LogP contribution in [0.3, 0.4) is 0 Å². The van der Waals surface area contributed by atoms with E-state index in [2.05, 4.69) is 10.6 Å². The number of halogens is 3. The van der Waals surface area contributed by atoms with Crippen molar-refractivity contribution in [3.8, 4) is 0 Å². The summed E-state index contributed by atoms with van der Waals surface area (Å²) < 4.78 is 25.3. The highest BCUT2D eigenvalue weighted by Crippen LogP contribution is 2.11. The van der Waals surface area contributed by atoms with Gasteiger partial charge in [0.15, 0.2) is 0 Å². The van der Waals surface area contributed by atoms with E-state index in [-0.39, 0.29) is 31.3 Å². The molecule has 2 amide bonds. The van der Waals surface area contributed by atoms with Crippen LogP contribution in [0.4, 0.5) is 8.78 Å². The molecule has 0 bridgehead atoms. The van der Waals surface area contributed by atoms with Crippen LogP contribution in [0, 0.1) is 5.92 Å². The number of carbonyl (C=O) groups excluding carboxylic acids is 2. The van der Waals surface area contributed by atoms with Crippen molar-refractivity contribution in [1.29, 1.82) is 0 Å². The topological polar surface area (TPSA) is 84.2 Å². The number of hydrogen-bond acceptors (Lipinski definition) is 3. The Balaban J connectivity index is 0.00000225. The summed E-state index contributed by atoms with van der Waals surface area (Å²) in [6, 6.07) is 0. The molecule has 1 heterocycles. The van der Waals surface area contributed by atoms with Crippen LogP contribution in [-0.2, 0) is 9.59 Å². The van der Waals surface area contributed by atoms with Crippen molar-refractivity contribution in [3.63, 3.8) is 0 Å². The first-order valence-electron chi connectivity index (χ1n) is 4.57. The summed E-state index contributed by atoms with van der Waals surface area (Å²) in [6.45, 7) is -1.39. The van der Waals surface area contributed by atoms with E-state index in [1.165, 1.54) is 0 Å². The quantitative estimate of drug-likeness (QED) is 0.620. The Morgan fingerprint density at radius 3 is 2.69 bits per heavy atom. The summed E-state index contributed by atoms with van der Waals surface area (Å²) in [6.07, 6.45) is 0.0556. The van der Waals surface area contributed by atoms with Gasteiger partial charge in [0.1, 0.15) is 0 Å². The largest absolute Gasteiger partial charge is 0.355 e. The zero-order valence-electron chi connectivity index (χ0n) is 8.46. The Morgan fingerprint density at radius 2 is 2.25 bits per heavy atom. The van der Waals surface area contributed by atoms with E-state index >= 15 is 0 Å². The van der Waals surface area contributed by atoms with Crippen LogP contribution in [0.15, 0.2) is 0 Å². The molecule has 0 aromatic carbocycles. The molecule has 1 aliphatic heterocycles. The van der Waals surface area contributed by atoms with Gasteiger partial charge in [-0.15, -0.1) is 12.4 Å². The third-order valence-corrected chi connectivity index (χ3v) is 2.17. The third-order valence-electron chi connectivity index (χ3n) is 2.17. The Kier molecular flexibility index (Phi) is 5.60. The first-order valence-corrected chi connectivity index (χ1v) is 4.57. The normalized spacial score (nSPS) is 19.9. The molecular weight excluding hydrogens is 244 g/mol. The van der Waals surface area contributed by atoms with Crippen molar-refractivity contribution in [2.75, 3.05) is 19.6 Å². The maximum absolute atomic E-state index is 12.7. The fourth-order valence-electron chi connectivity index (χ4n) is 1.22. The minimum atomic E-state index is -3.09. The zero-order chi connectivity index (χ0) is 11.5. The summed E-state index contributed by atoms with van der Waals surface area (Å²) in [7, 11) is 0. The number of rotatable bonds is 4. The maximum Gasteiger partial charge on any atom is 0.277 e. The number of nitrogens with one attached hydrogen (secondary N) is 2. The fraction of sp³-hybridized carbons (Fsp3) is 0.750. The minimum Gasteiger partial charge on any atom is -0.355 e. The molecule has 1 fully saturated rings. The molecule has 94 valence electrons. The van der Waals surface area contributed by atoms with Crippen LogP contribution in [0.2, 0.25) is 0 Å². The Bertz CT molecular complexity index is 276. The van der Waals surface area contributed by atoms with Gasteiger partial charge in [0, 0.05) is 13.0 Å². The lowest BCUT2D eigenvalue weighted by Crippen LogP contribution is -2.43. The molecular formula is C8H14ClF2N3O2. The number of alkyl halides is 2. The summed E-state index contributed by atoms with van der Waals surface area (Å²) in [5.74, 6) is -4.42. The molecule has 8 heteroatoms. The molecule has 0 aliphatic carbocycles. The van der Waals surface area contributed by atoms with E-state index in [1.807, 2.05) is 0 Å². The third kappa shape index (κ3) is 4.28. The molecule has 4 N–H and O–H groups in total. The Hall–Kier alpha value is -0.950. The highest BCUT2D eigenvalue weighted by molar-refractivity contribution is 5.89. The lowest BCUT2D eigenvalue weighted by Gasteiger charge is -2.15. The molecule has 5 nitrogen and oxygen atoms in total. The molecule has 1 unspecified atom stereocenters. The van der Waals surface area contributed by atoms with Gasteiger partial charge in [0.25, 0.3) is 5.92 Å². The Morgan fingerprint density at radius 1 is 1.62 bits per heavy atom. The van der Waals surface area contributed by atoms with E-state index in [4.69, 9.17) is 5.73 Å². The molecule has 0 saturated carbocycles. The van der Waals surface area contributed by atoms with Crippen LogP contribution in [0.1, 0.15) is 6.42 Å². The molecule has 0 aromatic rings. The summed E-state index contributed by atoms with van der Waals surface area (Å²) >= 11 is 0. The van der Waals surface area contributed by atoms with Gasteiger partial charge in [0.05, 0.1) is 19.0 Å². The number of hydrogen-bond donors (Lipinski definition) is 3. The van der Waals surface area contributed by atoms with Crippen molar-refractivity contribution in [2.45, 2.75) is 12.3 Å². The lowest BCUT2D eigenvalue weighted by atomic mass is 10.1. The van der Waals surface area contributed by atoms with Crippen molar-refractivity contribution in [3.05, 3.63) is 0 Å². The molecule has 1 atom stereocenters. The maximum atomic E-state index is 12.7. The van der Waals surface area contributed by atoms with Gasteiger partial charge in [-0.1, -0.05) is 0 Å². The highest BCUT2D eigenvalue weighted by atomic mass is 35.5. The smallest absolute Gasteiger partial charge is 0.277 e. The molecule has 1 aliphatic rings. The molecule has 0 aromatic heterocycles. The second kappa shape index (κ2) is 5.95. The van der Waals surface area contributed by atoms with Gasteiger partial charge in [-0.2, -0.15) is 0 Å². The van der Waals surface area contributed by atoms with E-state index in [9.17, 15) is 18.4 Å². The number of nitrogens with two attached hydrogens (primary N) is 1. The van der Waals surface area contributed by atoms with Crippen LogP contribution in [0.5, 0.6) is 0 Å². The second-order valence-corrected chi connectivity index (χ2v) is 3.48. The Labute approximate surface area is 97.5 Å². The SMILES string of the molecule is Cl.NCC(F)(F)CNC(=O)C1CNC(=O)C1. The number of carbonyl (C=O) groups is 2. The van der Waals surface area contributed by atoms with Crippen LogP contribution in [-0.4, -0.2) is 37.4 Å². The average Bonchev–Trinajstić information content (AvgIpc) is 2.61. The fourth-order valence-corrected chi connectivity index (χ4v) is 1.22. The van der Waals surface area contributed by atoms with Crippen molar-refractivity contribution in [1.82, 2.24) is 10.6 Å². The standard InChI is InChI=1S/C8H13F2N3O2.ClH/c9-8(10,3-11)4-13-7(15)5-1-6(14)12-2-5;/h5H,1-4,11H2,(H,12,14)(H,13,15);1H. The summed E-state index contributed by atoms with van der Waals surface area (Å²) in [4.78, 5) is 22.0. The first kappa shape index (κ1) is 15.0. The van der Waals surface area contributed by atoms with Crippen LogP contribution in [0.25, 0.3) is 0 Å². The molecule has 0 radical (unpaired) electrons. The minimum absolute atomic E-state index is 0. The van der Waals surface area contributed by atoms with Crippen molar-refractivity contribution in [2.24, 2.45) is 11.7 Å². The predicted molar refractivity (Wildman–Crippen MR) is 55.4 cm³/mol. The van der Waals surface area contributed by atoms with Crippen LogP contribution >= 0.6 is 12.4 Å². The van der Waals surface area contributed by atoms with Crippen molar-refractivity contribution >= 4 is 24.2 Å². The van der Waals surface area contributed by atoms with E-state index in [1.54, 1.807) is 0 Å². The molecule has 1 saturated heterocycles. The van der Waals surface area contributed by atoms with E-state index in [0.717, 1.165) is 0 Å². The summed E-state index contributed by atoms with van der Waals surface area (Å²) in [5, 5.41) is 4.52. The summed E-state index contributed by atoms with van der Waals surface area (Å²) in [5.41, 5.74) is 4.80. The number of amides is 2. The molecule has 1 rings (SSSR count). The van der Waals surface area contributed by atoms with Gasteiger partial charge in [-0.3, -0.25) is 9.59 Å². The second-order valence-electron chi connectivity index (χ2n) is 3.48. The van der Waals surface area contributed by atoms with Gasteiger partial charge in [-0.25, -0.2) is 8.78 Å². The zero-order valence-corrected chi connectivity index (χ0v) is 9.28. The van der Waals surface area contributed by atoms with Gasteiger partial charge in [-0.05, 0) is 0 Å². The molecule has 0 spiro atoms. The van der Waals surface area contributed by atoms with Crippen molar-refractivity contribution < 1.29 is 18.4 Å². The molecule has 16 heavy (non-hydrogen) atoms. The van der Waals surface area contributed by atoms with Gasteiger partial charge < -0.3 is 16.4 Å². The van der Waals surface area contributed by atoms with Gasteiger partial charge in [0.2, 0.25) is 11.8 Å². The highest BCUT2D eigenvalue weighted by Gasteiger charge is 2.31. The van der Waals surface area contributed by atoms with E-state index in [0.29, 0.717) is 0 Å². The first-order chi connectivity index (χ1) is 6.94. The lowest BCUT2D eigenvalue weighted by molar-refractivity contribution is -0.127. The van der Waals surface area contributed by atoms with Gasteiger partial charge >= 0.3 is 0 Å². The predicted octanol–water partition coefficient (Wildman–Crippen LogP) is -0.745. The monoisotopic (exact) mass is 257 g/mol.